The van der Waals surface area contributed by atoms with Crippen molar-refractivity contribution in [3.63, 3.8) is 0 Å². The molecule has 0 unspecified atom stereocenters. The van der Waals surface area contributed by atoms with Gasteiger partial charge >= 0.3 is 0 Å². The molecule has 2 aromatic rings. The Morgan fingerprint density at radius 1 is 1.00 bits per heavy atom. The van der Waals surface area contributed by atoms with Crippen LogP contribution in [0.4, 0.5) is 0 Å². The molecular formula is C22H26ClN3O4S2. The van der Waals surface area contributed by atoms with E-state index in [2.05, 4.69) is 10.9 Å². The molecule has 0 aliphatic carbocycles. The van der Waals surface area contributed by atoms with Gasteiger partial charge in [-0.25, -0.2) is 8.42 Å². The van der Waals surface area contributed by atoms with Crippen LogP contribution in [0.15, 0.2) is 52.3 Å². The highest BCUT2D eigenvalue weighted by Crippen LogP contribution is 2.27. The average molecular weight is 496 g/mol. The molecule has 2 amide bonds. The quantitative estimate of drug-likeness (QED) is 0.470. The first-order valence-electron chi connectivity index (χ1n) is 10.4. The van der Waals surface area contributed by atoms with Crippen molar-refractivity contribution in [2.24, 2.45) is 0 Å². The van der Waals surface area contributed by atoms with E-state index in [-0.39, 0.29) is 27.1 Å². The summed E-state index contributed by atoms with van der Waals surface area (Å²) in [5.41, 5.74) is 5.91. The number of nitrogens with zero attached hydrogens (tertiary/aromatic N) is 1. The van der Waals surface area contributed by atoms with Crippen molar-refractivity contribution in [2.75, 3.05) is 18.8 Å². The molecule has 1 aliphatic rings. The lowest BCUT2D eigenvalue weighted by Crippen LogP contribution is -2.42. The first-order chi connectivity index (χ1) is 15.3. The fourth-order valence-corrected chi connectivity index (χ4v) is 6.00. The van der Waals surface area contributed by atoms with E-state index in [0.717, 1.165) is 36.1 Å². The van der Waals surface area contributed by atoms with Gasteiger partial charge in [0, 0.05) is 23.5 Å². The number of carbonyl (C=O) groups excluding carboxylic acids is 2. The predicted octanol–water partition coefficient (Wildman–Crippen LogP) is 3.77. The molecule has 0 spiro atoms. The third kappa shape index (κ3) is 6.48. The first-order valence-corrected chi connectivity index (χ1v) is 13.2. The van der Waals surface area contributed by atoms with E-state index >= 15 is 0 Å². The molecule has 1 heterocycles. The number of benzene rings is 2. The van der Waals surface area contributed by atoms with Crippen molar-refractivity contribution in [3.8, 4) is 0 Å². The van der Waals surface area contributed by atoms with Gasteiger partial charge in [-0.3, -0.25) is 20.4 Å². The van der Waals surface area contributed by atoms with Gasteiger partial charge < -0.3 is 0 Å². The minimum absolute atomic E-state index is 0.0596. The lowest BCUT2D eigenvalue weighted by atomic mass is 10.2. The molecule has 1 fully saturated rings. The van der Waals surface area contributed by atoms with Crippen LogP contribution in [0, 0.1) is 6.92 Å². The molecule has 0 atom stereocenters. The molecule has 0 radical (unpaired) electrons. The number of halogens is 1. The Morgan fingerprint density at radius 3 is 2.31 bits per heavy atom. The van der Waals surface area contributed by atoms with Crippen LogP contribution in [-0.2, 0) is 14.8 Å². The van der Waals surface area contributed by atoms with E-state index in [1.807, 2.05) is 31.2 Å². The minimum Gasteiger partial charge on any atom is -0.272 e. The van der Waals surface area contributed by atoms with Crippen LogP contribution in [0.3, 0.4) is 0 Å². The topological polar surface area (TPSA) is 95.6 Å². The van der Waals surface area contributed by atoms with Gasteiger partial charge in [0.05, 0.1) is 10.8 Å². The molecule has 10 heteroatoms. The number of hydrogen-bond donors (Lipinski definition) is 2. The molecule has 172 valence electrons. The van der Waals surface area contributed by atoms with Gasteiger partial charge in [0.1, 0.15) is 4.90 Å². The summed E-state index contributed by atoms with van der Waals surface area (Å²) >= 11 is 7.52. The lowest BCUT2D eigenvalue weighted by molar-refractivity contribution is -0.119. The maximum atomic E-state index is 13.1. The second kappa shape index (κ2) is 11.2. The van der Waals surface area contributed by atoms with Gasteiger partial charge in [-0.1, -0.05) is 42.1 Å². The van der Waals surface area contributed by atoms with E-state index in [0.29, 0.717) is 13.1 Å². The highest BCUT2D eigenvalue weighted by Gasteiger charge is 2.28. The van der Waals surface area contributed by atoms with Crippen molar-refractivity contribution in [1.82, 2.24) is 15.2 Å². The number of hydrogen-bond acceptors (Lipinski definition) is 5. The SMILES string of the molecule is Cc1ccc(SCC(=O)NNC(=O)c2ccc(Cl)c(S(=O)(=O)N3CCCCCC3)c2)cc1. The number of nitrogens with one attached hydrogen (secondary N) is 2. The van der Waals surface area contributed by atoms with Crippen molar-refractivity contribution in [2.45, 2.75) is 42.4 Å². The number of aryl methyl sites for hydroxylation is 1. The Bertz CT molecular complexity index is 1070. The van der Waals surface area contributed by atoms with E-state index in [1.165, 1.54) is 34.3 Å². The predicted molar refractivity (Wildman–Crippen MR) is 126 cm³/mol. The lowest BCUT2D eigenvalue weighted by Gasteiger charge is -2.21. The summed E-state index contributed by atoms with van der Waals surface area (Å²) in [5.74, 6) is -0.878. The summed E-state index contributed by atoms with van der Waals surface area (Å²) in [6.45, 7) is 2.85. The zero-order valence-electron chi connectivity index (χ0n) is 17.8. The summed E-state index contributed by atoms with van der Waals surface area (Å²) in [6, 6.07) is 11.8. The van der Waals surface area contributed by atoms with Gasteiger partial charge in [-0.05, 0) is 50.1 Å². The number of thioether (sulfide) groups is 1. The largest absolute Gasteiger partial charge is 0.272 e. The zero-order chi connectivity index (χ0) is 23.1. The zero-order valence-corrected chi connectivity index (χ0v) is 20.2. The van der Waals surface area contributed by atoms with Crippen LogP contribution in [0.5, 0.6) is 0 Å². The van der Waals surface area contributed by atoms with Crippen molar-refractivity contribution in [1.29, 1.82) is 0 Å². The standard InChI is InChI=1S/C22H26ClN3O4S2/c1-16-6-9-18(10-7-16)31-15-21(27)24-25-22(28)17-8-11-19(23)20(14-17)32(29,30)26-12-4-2-3-5-13-26/h6-11,14H,2-5,12-13,15H2,1H3,(H,24,27)(H,25,28). The minimum atomic E-state index is -3.81. The fraction of sp³-hybridized carbons (Fsp3) is 0.364. The highest BCUT2D eigenvalue weighted by molar-refractivity contribution is 8.00. The van der Waals surface area contributed by atoms with Crippen molar-refractivity contribution >= 4 is 45.2 Å². The van der Waals surface area contributed by atoms with Crippen LogP contribution in [0.25, 0.3) is 0 Å². The van der Waals surface area contributed by atoms with Gasteiger partial charge in [0.15, 0.2) is 0 Å². The van der Waals surface area contributed by atoms with Gasteiger partial charge in [-0.2, -0.15) is 4.31 Å². The normalized spacial score (nSPS) is 15.1. The number of hydrazine groups is 1. The molecule has 0 bridgehead atoms. The number of amides is 2. The number of carbonyl (C=O) groups is 2. The summed E-state index contributed by atoms with van der Waals surface area (Å²) < 4.78 is 27.6. The summed E-state index contributed by atoms with van der Waals surface area (Å²) in [7, 11) is -3.81. The summed E-state index contributed by atoms with van der Waals surface area (Å²) in [5, 5.41) is 0.0596. The van der Waals surface area contributed by atoms with Crippen molar-refractivity contribution in [3.05, 3.63) is 58.6 Å². The van der Waals surface area contributed by atoms with E-state index in [4.69, 9.17) is 11.6 Å². The molecular weight excluding hydrogens is 470 g/mol. The monoisotopic (exact) mass is 495 g/mol. The van der Waals surface area contributed by atoms with E-state index in [1.54, 1.807) is 0 Å². The van der Waals surface area contributed by atoms with E-state index in [9.17, 15) is 18.0 Å². The highest BCUT2D eigenvalue weighted by atomic mass is 35.5. The number of sulfonamides is 1. The Kier molecular flexibility index (Phi) is 8.58. The molecule has 1 saturated heterocycles. The van der Waals surface area contributed by atoms with E-state index < -0.39 is 15.9 Å². The Labute approximate surface area is 197 Å². The Balaban J connectivity index is 1.61. The second-order valence-corrected chi connectivity index (χ2v) is 10.9. The third-order valence-corrected chi connectivity index (χ3v) is 8.47. The molecule has 7 nitrogen and oxygen atoms in total. The molecule has 1 aliphatic heterocycles. The van der Waals surface area contributed by atoms with Crippen LogP contribution < -0.4 is 10.9 Å². The van der Waals surface area contributed by atoms with Gasteiger partial charge in [0.25, 0.3) is 5.91 Å². The summed E-state index contributed by atoms with van der Waals surface area (Å²) in [6.07, 6.45) is 3.57. The first kappa shape index (κ1) is 24.6. The Morgan fingerprint density at radius 2 is 1.66 bits per heavy atom. The van der Waals surface area contributed by atoms with Crippen LogP contribution >= 0.6 is 23.4 Å². The average Bonchev–Trinajstić information content (AvgIpc) is 3.07. The number of rotatable bonds is 6. The van der Waals surface area contributed by atoms with Crippen LogP contribution in [0.1, 0.15) is 41.6 Å². The Hall–Kier alpha value is -2.07. The second-order valence-electron chi connectivity index (χ2n) is 7.57. The molecule has 32 heavy (non-hydrogen) atoms. The molecule has 2 N–H and O–H groups in total. The summed E-state index contributed by atoms with van der Waals surface area (Å²) in [4.78, 5) is 25.4. The maximum absolute atomic E-state index is 13.1. The maximum Gasteiger partial charge on any atom is 0.269 e. The molecule has 3 rings (SSSR count). The van der Waals surface area contributed by atoms with Crippen molar-refractivity contribution < 1.29 is 18.0 Å². The van der Waals surface area contributed by atoms with Gasteiger partial charge in [-0.15, -0.1) is 11.8 Å². The molecule has 2 aromatic carbocycles. The van der Waals surface area contributed by atoms with Crippen LogP contribution in [-0.4, -0.2) is 43.4 Å². The third-order valence-electron chi connectivity index (χ3n) is 5.08. The van der Waals surface area contributed by atoms with Gasteiger partial charge in [0.2, 0.25) is 15.9 Å². The molecule has 0 aromatic heterocycles. The smallest absolute Gasteiger partial charge is 0.269 e. The van der Waals surface area contributed by atoms with Crippen LogP contribution in [0.2, 0.25) is 5.02 Å². The molecule has 0 saturated carbocycles. The fourth-order valence-electron chi connectivity index (χ4n) is 3.28.